The van der Waals surface area contributed by atoms with Gasteiger partial charge in [0.15, 0.2) is 17.1 Å². The molecule has 0 aliphatic heterocycles. The molecule has 0 radical (unpaired) electrons. The van der Waals surface area contributed by atoms with Crippen molar-refractivity contribution in [3.63, 3.8) is 0 Å². The zero-order valence-electron chi connectivity index (χ0n) is 10.7. The molecule has 0 aliphatic rings. The Morgan fingerprint density at radius 3 is 2.40 bits per heavy atom. The van der Waals surface area contributed by atoms with Gasteiger partial charge in [0.25, 0.3) is 15.9 Å². The van der Waals surface area contributed by atoms with Crippen LogP contribution in [0.5, 0.6) is 11.5 Å². The Morgan fingerprint density at radius 1 is 1.30 bits per heavy atom. The molecule has 1 rings (SSSR count). The molecule has 0 atom stereocenters. The molecule has 112 valence electrons. The van der Waals surface area contributed by atoms with Gasteiger partial charge in [-0.1, -0.05) is 0 Å². The minimum absolute atomic E-state index is 0.348. The molecular weight excluding hydrogens is 290 g/mol. The van der Waals surface area contributed by atoms with Crippen LogP contribution >= 0.6 is 0 Å². The summed E-state index contributed by atoms with van der Waals surface area (Å²) in [5.74, 6) is 3.01. The molecule has 10 heteroatoms. The fourth-order valence-corrected chi connectivity index (χ4v) is 1.91. The van der Waals surface area contributed by atoms with E-state index in [-0.39, 0.29) is 4.90 Å². The summed E-state index contributed by atoms with van der Waals surface area (Å²) in [6.45, 7) is 2.67. The van der Waals surface area contributed by atoms with Gasteiger partial charge in [-0.15, -0.1) is 4.83 Å². The van der Waals surface area contributed by atoms with Gasteiger partial charge in [0, 0.05) is 6.07 Å². The molecule has 1 aromatic rings. The van der Waals surface area contributed by atoms with Gasteiger partial charge in [-0.3, -0.25) is 15.1 Å². The predicted molar refractivity (Wildman–Crippen MR) is 67.6 cm³/mol. The number of amides is 1. The normalized spacial score (nSPS) is 12.2. The molecule has 0 aromatic heterocycles. The zero-order chi connectivity index (χ0) is 15.6. The topological polar surface area (TPSA) is 151 Å². The van der Waals surface area contributed by atoms with Crippen molar-refractivity contribution in [1.82, 2.24) is 10.3 Å². The Morgan fingerprint density at radius 2 is 1.90 bits per heavy atom. The summed E-state index contributed by atoms with van der Waals surface area (Å²) < 4.78 is 23.6. The average Bonchev–Trinajstić information content (AvgIpc) is 2.39. The second kappa shape index (κ2) is 5.63. The molecule has 0 aliphatic carbocycles. The van der Waals surface area contributed by atoms with Crippen LogP contribution in [0.15, 0.2) is 23.1 Å². The van der Waals surface area contributed by atoms with Crippen molar-refractivity contribution in [2.45, 2.75) is 24.3 Å². The van der Waals surface area contributed by atoms with Crippen LogP contribution in [0, 0.1) is 0 Å². The number of aromatic hydroxyl groups is 2. The first-order chi connectivity index (χ1) is 9.10. The van der Waals surface area contributed by atoms with Crippen LogP contribution in [-0.2, 0) is 19.7 Å². The van der Waals surface area contributed by atoms with Gasteiger partial charge in [0.1, 0.15) is 0 Å². The monoisotopic (exact) mass is 305 g/mol. The molecule has 0 saturated heterocycles. The van der Waals surface area contributed by atoms with E-state index < -0.39 is 33.0 Å². The van der Waals surface area contributed by atoms with E-state index >= 15 is 0 Å². The summed E-state index contributed by atoms with van der Waals surface area (Å²) in [6.07, 6.45) is 0. The maximum absolute atomic E-state index is 11.8. The number of phenols is 2. The first-order valence-electron chi connectivity index (χ1n) is 5.32. The van der Waals surface area contributed by atoms with Crippen LogP contribution in [0.1, 0.15) is 13.8 Å². The summed E-state index contributed by atoms with van der Waals surface area (Å²) in [5.41, 5.74) is 0.490. The number of carbonyl (C=O) groups is 1. The molecule has 6 N–H and O–H groups in total. The number of benzene rings is 1. The number of hydrogen-bond donors (Lipinski definition) is 5. The molecule has 9 nitrogen and oxygen atoms in total. The first kappa shape index (κ1) is 16.2. The third-order valence-corrected chi connectivity index (χ3v) is 3.64. The van der Waals surface area contributed by atoms with Crippen LogP contribution in [-0.4, -0.2) is 30.1 Å². The van der Waals surface area contributed by atoms with E-state index in [1.165, 1.54) is 13.8 Å². The van der Waals surface area contributed by atoms with Crippen LogP contribution in [0.25, 0.3) is 0 Å². The molecule has 0 unspecified atom stereocenters. The van der Waals surface area contributed by atoms with Crippen molar-refractivity contribution in [2.24, 2.45) is 5.90 Å². The number of hydrogen-bond acceptors (Lipinski definition) is 7. The van der Waals surface area contributed by atoms with Gasteiger partial charge in [-0.25, -0.2) is 14.3 Å². The number of sulfonamides is 1. The van der Waals surface area contributed by atoms with E-state index in [2.05, 4.69) is 4.84 Å². The lowest BCUT2D eigenvalue weighted by Gasteiger charge is -2.20. The molecule has 0 heterocycles. The maximum atomic E-state index is 11.8. The lowest BCUT2D eigenvalue weighted by Crippen LogP contribution is -2.52. The van der Waals surface area contributed by atoms with Crippen molar-refractivity contribution in [3.8, 4) is 11.5 Å². The molecule has 0 fully saturated rings. The molecule has 1 aromatic carbocycles. The van der Waals surface area contributed by atoms with E-state index in [1.807, 2.05) is 5.43 Å². The highest BCUT2D eigenvalue weighted by Crippen LogP contribution is 2.26. The number of hydrazine groups is 1. The summed E-state index contributed by atoms with van der Waals surface area (Å²) in [4.78, 5) is 17.4. The standard InChI is InChI=1S/C10H15N3O6S/c1-10(2,19-11)9(16)12-13-20(17,18)6-3-4-7(14)8(15)5-6/h3-5,13-15H,11H2,1-2H3,(H,12,16). The summed E-state index contributed by atoms with van der Waals surface area (Å²) in [6, 6.07) is 2.88. The van der Waals surface area contributed by atoms with Gasteiger partial charge in [0.2, 0.25) is 0 Å². The molecule has 1 amide bonds. The van der Waals surface area contributed by atoms with Gasteiger partial charge in [0.05, 0.1) is 4.90 Å². The third-order valence-electron chi connectivity index (χ3n) is 2.40. The van der Waals surface area contributed by atoms with Gasteiger partial charge >= 0.3 is 0 Å². The van der Waals surface area contributed by atoms with Crippen LogP contribution in [0.3, 0.4) is 0 Å². The minimum Gasteiger partial charge on any atom is -0.504 e. The second-order valence-electron chi connectivity index (χ2n) is 4.34. The largest absolute Gasteiger partial charge is 0.504 e. The van der Waals surface area contributed by atoms with Crippen LogP contribution in [0.2, 0.25) is 0 Å². The van der Waals surface area contributed by atoms with Crippen molar-refractivity contribution < 1.29 is 28.3 Å². The minimum atomic E-state index is -4.11. The van der Waals surface area contributed by atoms with Crippen molar-refractivity contribution in [2.75, 3.05) is 0 Å². The van der Waals surface area contributed by atoms with Gasteiger partial charge < -0.3 is 10.2 Å². The summed E-state index contributed by atoms with van der Waals surface area (Å²) in [5, 5.41) is 18.3. The number of phenolic OH excluding ortho intramolecular Hbond substituents is 2. The SMILES string of the molecule is CC(C)(ON)C(=O)NNS(=O)(=O)c1ccc(O)c(O)c1. The Bertz CT molecular complexity index is 613. The van der Waals surface area contributed by atoms with E-state index in [4.69, 9.17) is 11.0 Å². The lowest BCUT2D eigenvalue weighted by atomic mass is 10.1. The first-order valence-corrected chi connectivity index (χ1v) is 6.80. The Balaban J connectivity index is 2.86. The Labute approximate surface area is 115 Å². The summed E-state index contributed by atoms with van der Waals surface area (Å²) in [7, 11) is -4.11. The molecule has 20 heavy (non-hydrogen) atoms. The Kier molecular flexibility index (Phi) is 4.55. The number of rotatable bonds is 5. The smallest absolute Gasteiger partial charge is 0.268 e. The van der Waals surface area contributed by atoms with Crippen LogP contribution in [0.4, 0.5) is 0 Å². The van der Waals surface area contributed by atoms with E-state index in [9.17, 15) is 18.3 Å². The number of nitrogens with one attached hydrogen (secondary N) is 2. The average molecular weight is 305 g/mol. The maximum Gasteiger partial charge on any atom is 0.268 e. The highest BCUT2D eigenvalue weighted by atomic mass is 32.2. The fraction of sp³-hybridized carbons (Fsp3) is 0.300. The molecular formula is C10H15N3O6S. The highest BCUT2D eigenvalue weighted by Gasteiger charge is 2.29. The molecule has 0 spiro atoms. The lowest BCUT2D eigenvalue weighted by molar-refractivity contribution is -0.143. The van der Waals surface area contributed by atoms with Crippen molar-refractivity contribution in [1.29, 1.82) is 0 Å². The predicted octanol–water partition coefficient (Wildman–Crippen LogP) is -0.924. The van der Waals surface area contributed by atoms with Crippen molar-refractivity contribution >= 4 is 15.9 Å². The van der Waals surface area contributed by atoms with E-state index in [1.54, 1.807) is 4.83 Å². The van der Waals surface area contributed by atoms with Crippen LogP contribution < -0.4 is 16.2 Å². The number of nitrogens with two attached hydrogens (primary N) is 1. The second-order valence-corrected chi connectivity index (χ2v) is 6.02. The van der Waals surface area contributed by atoms with E-state index in [0.29, 0.717) is 0 Å². The molecule has 0 saturated carbocycles. The van der Waals surface area contributed by atoms with Gasteiger partial charge in [-0.05, 0) is 26.0 Å². The van der Waals surface area contributed by atoms with Crippen molar-refractivity contribution in [3.05, 3.63) is 18.2 Å². The van der Waals surface area contributed by atoms with Gasteiger partial charge in [-0.2, -0.15) is 0 Å². The quantitative estimate of drug-likeness (QED) is 0.348. The van der Waals surface area contributed by atoms with E-state index in [0.717, 1.165) is 18.2 Å². The third kappa shape index (κ3) is 3.57. The molecule has 0 bridgehead atoms. The Hall–Kier alpha value is -1.88. The fourth-order valence-electron chi connectivity index (χ4n) is 1.05. The summed E-state index contributed by atoms with van der Waals surface area (Å²) >= 11 is 0. The highest BCUT2D eigenvalue weighted by molar-refractivity contribution is 7.89. The number of carbonyl (C=O) groups excluding carboxylic acids is 1. The zero-order valence-corrected chi connectivity index (χ0v) is 11.6.